The minimum absolute atomic E-state index is 0. The van der Waals surface area contributed by atoms with E-state index in [1.807, 2.05) is 25.1 Å². The average Bonchev–Trinajstić information content (AvgIpc) is 2.03. The summed E-state index contributed by atoms with van der Waals surface area (Å²) in [7, 11) is 0. The summed E-state index contributed by atoms with van der Waals surface area (Å²) in [4.78, 5) is 0. The second-order valence-electron chi connectivity index (χ2n) is 2.54. The summed E-state index contributed by atoms with van der Waals surface area (Å²) in [6, 6.07) is 8.76. The maximum atomic E-state index is 5.47. The van der Waals surface area contributed by atoms with E-state index >= 15 is 0 Å². The molecule has 0 spiro atoms. The number of benzene rings is 1. The molecule has 1 aromatic carbocycles. The van der Waals surface area contributed by atoms with Gasteiger partial charge in [-0.1, -0.05) is 13.8 Å². The Balaban J connectivity index is 0. The van der Waals surface area contributed by atoms with Crippen LogP contribution in [0.2, 0.25) is 0 Å². The Kier molecular flexibility index (Phi) is 10.7. The third kappa shape index (κ3) is 5.55. The number of ether oxygens (including phenoxy) is 1. The minimum atomic E-state index is 0. The van der Waals surface area contributed by atoms with Crippen molar-refractivity contribution < 1.29 is 21.7 Å². The van der Waals surface area contributed by atoms with Crippen LogP contribution in [-0.4, -0.2) is 29.7 Å². The molecule has 68 valence electrons. The summed E-state index contributed by atoms with van der Waals surface area (Å²) < 4.78 is 5.47. The minimum Gasteiger partial charge on any atom is -1.00 e. The van der Waals surface area contributed by atoms with Gasteiger partial charge in [0.05, 0.1) is 6.61 Å². The summed E-state index contributed by atoms with van der Waals surface area (Å²) in [5.74, 6) is 0.977. The Bertz CT molecular complexity index is 228. The number of hydrogen-bond donors (Lipinski definition) is 0. The van der Waals surface area contributed by atoms with Crippen molar-refractivity contribution in [3.8, 4) is 5.75 Å². The van der Waals surface area contributed by atoms with E-state index in [4.69, 9.17) is 4.74 Å². The molecular formula is C10H13BrMgO. The molecule has 0 heterocycles. The molecule has 0 N–H and O–H groups in total. The molecule has 1 aromatic rings. The SMILES string of the molecule is CCCOc1cc[c-]cc1C.[Br-].[Mg+2]. The van der Waals surface area contributed by atoms with E-state index in [1.165, 1.54) is 0 Å². The van der Waals surface area contributed by atoms with Gasteiger partial charge in [-0.15, -0.1) is 11.6 Å². The summed E-state index contributed by atoms with van der Waals surface area (Å²) in [5, 5.41) is 0. The first-order valence-electron chi connectivity index (χ1n) is 3.94. The zero-order valence-corrected chi connectivity index (χ0v) is 11.1. The van der Waals surface area contributed by atoms with Crippen LogP contribution in [0.3, 0.4) is 0 Å². The van der Waals surface area contributed by atoms with Gasteiger partial charge in [0, 0.05) is 5.75 Å². The van der Waals surface area contributed by atoms with Gasteiger partial charge in [-0.05, 0) is 6.42 Å². The van der Waals surface area contributed by atoms with Crippen LogP contribution in [0.25, 0.3) is 0 Å². The molecule has 0 aliphatic carbocycles. The Hall–Kier alpha value is 0.266. The summed E-state index contributed by atoms with van der Waals surface area (Å²) in [6.45, 7) is 4.93. The van der Waals surface area contributed by atoms with E-state index in [9.17, 15) is 0 Å². The van der Waals surface area contributed by atoms with Gasteiger partial charge < -0.3 is 21.7 Å². The number of rotatable bonds is 3. The zero-order chi connectivity index (χ0) is 8.10. The van der Waals surface area contributed by atoms with Crippen LogP contribution in [0.15, 0.2) is 18.2 Å². The van der Waals surface area contributed by atoms with Gasteiger partial charge in [0.15, 0.2) is 0 Å². The van der Waals surface area contributed by atoms with E-state index in [-0.39, 0.29) is 40.0 Å². The molecule has 3 heteroatoms. The summed E-state index contributed by atoms with van der Waals surface area (Å²) >= 11 is 0. The van der Waals surface area contributed by atoms with Gasteiger partial charge in [-0.25, -0.2) is 0 Å². The van der Waals surface area contributed by atoms with Crippen LogP contribution < -0.4 is 21.7 Å². The molecule has 0 bridgehead atoms. The monoisotopic (exact) mass is 252 g/mol. The molecule has 0 saturated carbocycles. The van der Waals surface area contributed by atoms with Crippen molar-refractivity contribution in [3.05, 3.63) is 29.8 Å². The topological polar surface area (TPSA) is 9.23 Å². The van der Waals surface area contributed by atoms with Crippen LogP contribution in [0.4, 0.5) is 0 Å². The zero-order valence-electron chi connectivity index (χ0n) is 8.14. The molecular weight excluding hydrogens is 240 g/mol. The molecule has 0 amide bonds. The normalized spacial score (nSPS) is 8.15. The largest absolute Gasteiger partial charge is 2.00 e. The average molecular weight is 253 g/mol. The van der Waals surface area contributed by atoms with E-state index in [2.05, 4.69) is 13.0 Å². The van der Waals surface area contributed by atoms with Gasteiger partial charge in [-0.3, -0.25) is 0 Å². The van der Waals surface area contributed by atoms with Crippen molar-refractivity contribution in [3.63, 3.8) is 0 Å². The predicted octanol–water partition coefficient (Wildman–Crippen LogP) is -0.793. The second-order valence-corrected chi connectivity index (χ2v) is 2.54. The Labute approximate surface area is 107 Å². The maximum Gasteiger partial charge on any atom is 2.00 e. The van der Waals surface area contributed by atoms with Crippen molar-refractivity contribution in [1.82, 2.24) is 0 Å². The fourth-order valence-electron chi connectivity index (χ4n) is 0.873. The van der Waals surface area contributed by atoms with Crippen molar-refractivity contribution >= 4 is 23.1 Å². The van der Waals surface area contributed by atoms with Crippen LogP contribution in [-0.2, 0) is 0 Å². The molecule has 0 aromatic heterocycles. The van der Waals surface area contributed by atoms with Crippen LogP contribution in [0.5, 0.6) is 5.75 Å². The van der Waals surface area contributed by atoms with E-state index in [1.54, 1.807) is 0 Å². The first-order valence-corrected chi connectivity index (χ1v) is 3.94. The number of halogens is 1. The van der Waals surface area contributed by atoms with E-state index in [0.717, 1.165) is 24.3 Å². The fraction of sp³-hybridized carbons (Fsp3) is 0.400. The summed E-state index contributed by atoms with van der Waals surface area (Å²) in [5.41, 5.74) is 1.15. The Morgan fingerprint density at radius 1 is 1.46 bits per heavy atom. The summed E-state index contributed by atoms with van der Waals surface area (Å²) in [6.07, 6.45) is 1.05. The van der Waals surface area contributed by atoms with Gasteiger partial charge >= 0.3 is 23.1 Å². The third-order valence-electron chi connectivity index (χ3n) is 1.48. The molecule has 0 fully saturated rings. The van der Waals surface area contributed by atoms with Crippen LogP contribution in [0, 0.1) is 13.0 Å². The van der Waals surface area contributed by atoms with Crippen LogP contribution >= 0.6 is 0 Å². The van der Waals surface area contributed by atoms with Crippen molar-refractivity contribution in [2.45, 2.75) is 20.3 Å². The quantitative estimate of drug-likeness (QED) is 0.507. The van der Waals surface area contributed by atoms with E-state index in [0.29, 0.717) is 0 Å². The van der Waals surface area contributed by atoms with Crippen molar-refractivity contribution in [2.75, 3.05) is 6.61 Å². The molecule has 1 nitrogen and oxygen atoms in total. The van der Waals surface area contributed by atoms with Gasteiger partial charge in [0.25, 0.3) is 0 Å². The molecule has 13 heavy (non-hydrogen) atoms. The standard InChI is InChI=1S/C10H13O.BrH.Mg/c1-3-8-11-10-7-5-4-6-9(10)2;;/h5-7H,3,8H2,1-2H3;1H;/q-1;;+2/p-1. The molecule has 0 saturated heterocycles. The third-order valence-corrected chi connectivity index (χ3v) is 1.48. The molecule has 1 rings (SSSR count). The first-order chi connectivity index (χ1) is 5.34. The first kappa shape index (κ1) is 15.7. The van der Waals surface area contributed by atoms with Gasteiger partial charge in [-0.2, -0.15) is 18.2 Å². The number of aryl methyl sites for hydroxylation is 1. The van der Waals surface area contributed by atoms with Gasteiger partial charge in [0.1, 0.15) is 0 Å². The molecule has 0 atom stereocenters. The van der Waals surface area contributed by atoms with Gasteiger partial charge in [0.2, 0.25) is 0 Å². The number of hydrogen-bond acceptors (Lipinski definition) is 1. The maximum absolute atomic E-state index is 5.47. The van der Waals surface area contributed by atoms with E-state index < -0.39 is 0 Å². The van der Waals surface area contributed by atoms with Crippen LogP contribution in [0.1, 0.15) is 18.9 Å². The molecule has 0 aliphatic rings. The molecule has 0 unspecified atom stereocenters. The Morgan fingerprint density at radius 2 is 2.15 bits per heavy atom. The molecule has 0 aliphatic heterocycles. The smallest absolute Gasteiger partial charge is 1.00 e. The molecule has 0 radical (unpaired) electrons. The Morgan fingerprint density at radius 3 is 2.69 bits per heavy atom. The van der Waals surface area contributed by atoms with Crippen molar-refractivity contribution in [1.29, 1.82) is 0 Å². The van der Waals surface area contributed by atoms with Crippen molar-refractivity contribution in [2.24, 2.45) is 0 Å². The second kappa shape index (κ2) is 8.85. The fourth-order valence-corrected chi connectivity index (χ4v) is 0.873. The predicted molar refractivity (Wildman–Crippen MR) is 51.6 cm³/mol.